The average molecular weight is 202 g/mol. The maximum Gasteiger partial charge on any atom is 0.404 e. The maximum atomic E-state index is 10.3. The largest absolute Gasteiger partial charge is 0.450 e. The van der Waals surface area contributed by atoms with Gasteiger partial charge in [0.1, 0.15) is 0 Å². The highest BCUT2D eigenvalue weighted by Gasteiger charge is 2.22. The van der Waals surface area contributed by atoms with Crippen molar-refractivity contribution in [2.75, 3.05) is 26.3 Å². The lowest BCUT2D eigenvalue weighted by Crippen LogP contribution is -2.33. The van der Waals surface area contributed by atoms with Crippen molar-refractivity contribution in [3.05, 3.63) is 0 Å². The first-order valence-corrected chi connectivity index (χ1v) is 5.01. The van der Waals surface area contributed by atoms with E-state index in [1.807, 2.05) is 0 Å². The number of nitrogens with zero attached hydrogens (tertiary/aromatic N) is 1. The lowest BCUT2D eigenvalue weighted by Gasteiger charge is -2.22. The van der Waals surface area contributed by atoms with Crippen molar-refractivity contribution in [2.24, 2.45) is 5.73 Å². The van der Waals surface area contributed by atoms with Gasteiger partial charge >= 0.3 is 6.09 Å². The molecule has 82 valence electrons. The number of amides is 1. The zero-order valence-electron chi connectivity index (χ0n) is 8.32. The van der Waals surface area contributed by atoms with E-state index in [0.717, 1.165) is 32.4 Å². The molecule has 0 aliphatic carbocycles. The monoisotopic (exact) mass is 202 g/mol. The molecule has 0 radical (unpaired) electrons. The SMILES string of the molecule is NC(=O)OCCCN1CCCC1CO. The van der Waals surface area contributed by atoms with E-state index >= 15 is 0 Å². The first kappa shape index (κ1) is 11.3. The molecule has 1 unspecified atom stereocenters. The Morgan fingerprint density at radius 2 is 2.43 bits per heavy atom. The predicted molar refractivity (Wildman–Crippen MR) is 51.8 cm³/mol. The first-order valence-electron chi connectivity index (χ1n) is 5.01. The number of carbonyl (C=O) groups is 1. The summed E-state index contributed by atoms with van der Waals surface area (Å²) in [4.78, 5) is 12.5. The van der Waals surface area contributed by atoms with Gasteiger partial charge in [-0.3, -0.25) is 4.90 Å². The minimum absolute atomic E-state index is 0.219. The van der Waals surface area contributed by atoms with Crippen LogP contribution in [0.5, 0.6) is 0 Å². The van der Waals surface area contributed by atoms with E-state index in [2.05, 4.69) is 9.64 Å². The fourth-order valence-electron chi connectivity index (χ4n) is 1.84. The fourth-order valence-corrected chi connectivity index (χ4v) is 1.84. The van der Waals surface area contributed by atoms with Gasteiger partial charge in [-0.25, -0.2) is 4.79 Å². The van der Waals surface area contributed by atoms with Gasteiger partial charge in [-0.2, -0.15) is 0 Å². The van der Waals surface area contributed by atoms with Crippen LogP contribution in [-0.2, 0) is 4.74 Å². The van der Waals surface area contributed by atoms with Crippen LogP contribution < -0.4 is 5.73 Å². The number of nitrogens with two attached hydrogens (primary N) is 1. The average Bonchev–Trinajstić information content (AvgIpc) is 2.59. The molecular weight excluding hydrogens is 184 g/mol. The van der Waals surface area contributed by atoms with E-state index in [4.69, 9.17) is 10.8 Å². The summed E-state index contributed by atoms with van der Waals surface area (Å²) in [5, 5.41) is 9.03. The standard InChI is InChI=1S/C9H18N2O3/c10-9(13)14-6-2-5-11-4-1-3-8(11)7-12/h8,12H,1-7H2,(H2,10,13). The molecule has 0 saturated carbocycles. The van der Waals surface area contributed by atoms with Crippen molar-refractivity contribution < 1.29 is 14.6 Å². The number of hydrogen-bond donors (Lipinski definition) is 2. The minimum Gasteiger partial charge on any atom is -0.450 e. The molecule has 1 aliphatic heterocycles. The molecule has 14 heavy (non-hydrogen) atoms. The molecule has 5 nitrogen and oxygen atoms in total. The van der Waals surface area contributed by atoms with Gasteiger partial charge in [0.15, 0.2) is 0 Å². The Bertz CT molecular complexity index is 187. The van der Waals surface area contributed by atoms with E-state index in [1.54, 1.807) is 0 Å². The second-order valence-corrected chi connectivity index (χ2v) is 3.54. The van der Waals surface area contributed by atoms with Gasteiger partial charge < -0.3 is 15.6 Å². The molecule has 0 spiro atoms. The molecule has 0 aromatic rings. The first-order chi connectivity index (χ1) is 6.74. The van der Waals surface area contributed by atoms with Gasteiger partial charge in [-0.15, -0.1) is 0 Å². The van der Waals surface area contributed by atoms with Gasteiger partial charge in [-0.05, 0) is 25.8 Å². The van der Waals surface area contributed by atoms with Gasteiger partial charge in [0.05, 0.1) is 13.2 Å². The van der Waals surface area contributed by atoms with Crippen LogP contribution in [0.25, 0.3) is 0 Å². The molecule has 1 amide bonds. The van der Waals surface area contributed by atoms with Crippen molar-refractivity contribution in [1.82, 2.24) is 4.90 Å². The number of aliphatic hydroxyl groups excluding tert-OH is 1. The molecular formula is C9H18N2O3. The maximum absolute atomic E-state index is 10.3. The number of carbonyl (C=O) groups excluding carboxylic acids is 1. The molecule has 1 fully saturated rings. The summed E-state index contributed by atoms with van der Waals surface area (Å²) in [5.74, 6) is 0. The molecule has 0 aromatic heterocycles. The van der Waals surface area contributed by atoms with Gasteiger partial charge in [-0.1, -0.05) is 0 Å². The molecule has 0 bridgehead atoms. The third-order valence-corrected chi connectivity index (χ3v) is 2.54. The Morgan fingerprint density at radius 3 is 3.07 bits per heavy atom. The van der Waals surface area contributed by atoms with Gasteiger partial charge in [0, 0.05) is 12.6 Å². The number of rotatable bonds is 5. The zero-order valence-corrected chi connectivity index (χ0v) is 8.32. The highest BCUT2D eigenvalue weighted by molar-refractivity contribution is 5.64. The Labute approximate surface area is 83.8 Å². The predicted octanol–water partition coefficient (Wildman–Crippen LogP) is -0.0715. The smallest absolute Gasteiger partial charge is 0.404 e. The van der Waals surface area contributed by atoms with Crippen molar-refractivity contribution in [1.29, 1.82) is 0 Å². The summed E-state index contributed by atoms with van der Waals surface area (Å²) >= 11 is 0. The normalized spacial score (nSPS) is 22.5. The van der Waals surface area contributed by atoms with Crippen LogP contribution in [0.2, 0.25) is 0 Å². The number of primary amides is 1. The lowest BCUT2D eigenvalue weighted by molar-refractivity contribution is 0.131. The summed E-state index contributed by atoms with van der Waals surface area (Å²) < 4.78 is 4.62. The fraction of sp³-hybridized carbons (Fsp3) is 0.889. The number of aliphatic hydroxyl groups is 1. The molecule has 1 atom stereocenters. The Morgan fingerprint density at radius 1 is 1.64 bits per heavy atom. The molecule has 3 N–H and O–H groups in total. The Hall–Kier alpha value is -0.810. The second kappa shape index (κ2) is 5.82. The summed E-state index contributed by atoms with van der Waals surface area (Å²) in [5.41, 5.74) is 4.83. The van der Waals surface area contributed by atoms with Crippen LogP contribution in [0.3, 0.4) is 0 Å². The van der Waals surface area contributed by atoms with E-state index in [1.165, 1.54) is 0 Å². The number of hydrogen-bond acceptors (Lipinski definition) is 4. The van der Waals surface area contributed by atoms with Gasteiger partial charge in [0.2, 0.25) is 0 Å². The molecule has 1 aliphatic rings. The highest BCUT2D eigenvalue weighted by Crippen LogP contribution is 2.16. The zero-order chi connectivity index (χ0) is 10.4. The van der Waals surface area contributed by atoms with Crippen LogP contribution in [-0.4, -0.2) is 48.4 Å². The summed E-state index contributed by atoms with van der Waals surface area (Å²) in [7, 11) is 0. The summed E-state index contributed by atoms with van der Waals surface area (Å²) in [6, 6.07) is 0.295. The van der Waals surface area contributed by atoms with Crippen LogP contribution in [0, 0.1) is 0 Å². The van der Waals surface area contributed by atoms with Crippen molar-refractivity contribution in [3.63, 3.8) is 0 Å². The van der Waals surface area contributed by atoms with Crippen molar-refractivity contribution in [2.45, 2.75) is 25.3 Å². The highest BCUT2D eigenvalue weighted by atomic mass is 16.5. The Kier molecular flexibility index (Phi) is 4.69. The van der Waals surface area contributed by atoms with E-state index in [0.29, 0.717) is 12.6 Å². The molecule has 1 saturated heterocycles. The number of likely N-dealkylation sites (tertiary alicyclic amines) is 1. The minimum atomic E-state index is -0.717. The second-order valence-electron chi connectivity index (χ2n) is 3.54. The van der Waals surface area contributed by atoms with Crippen LogP contribution in [0.15, 0.2) is 0 Å². The lowest BCUT2D eigenvalue weighted by atomic mass is 10.2. The third-order valence-electron chi connectivity index (χ3n) is 2.54. The van der Waals surface area contributed by atoms with Crippen LogP contribution >= 0.6 is 0 Å². The third kappa shape index (κ3) is 3.51. The van der Waals surface area contributed by atoms with Crippen LogP contribution in [0.1, 0.15) is 19.3 Å². The Balaban J connectivity index is 2.08. The topological polar surface area (TPSA) is 75.8 Å². The molecule has 1 rings (SSSR count). The van der Waals surface area contributed by atoms with E-state index < -0.39 is 6.09 Å². The van der Waals surface area contributed by atoms with E-state index in [9.17, 15) is 4.79 Å². The summed E-state index contributed by atoms with van der Waals surface area (Å²) in [6.07, 6.45) is 2.26. The molecule has 0 aromatic carbocycles. The number of ether oxygens (including phenoxy) is 1. The molecule has 5 heteroatoms. The van der Waals surface area contributed by atoms with E-state index in [-0.39, 0.29) is 6.61 Å². The van der Waals surface area contributed by atoms with Crippen molar-refractivity contribution in [3.8, 4) is 0 Å². The van der Waals surface area contributed by atoms with Crippen molar-refractivity contribution >= 4 is 6.09 Å². The summed E-state index contributed by atoms with van der Waals surface area (Å²) in [6.45, 7) is 2.47. The molecule has 1 heterocycles. The van der Waals surface area contributed by atoms with Gasteiger partial charge in [0.25, 0.3) is 0 Å². The van der Waals surface area contributed by atoms with Crippen LogP contribution in [0.4, 0.5) is 4.79 Å². The quantitative estimate of drug-likeness (QED) is 0.612.